The highest BCUT2D eigenvalue weighted by molar-refractivity contribution is 5.23. The van der Waals surface area contributed by atoms with Gasteiger partial charge in [-0.15, -0.1) is 0 Å². The minimum absolute atomic E-state index is 0.745. The zero-order valence-electron chi connectivity index (χ0n) is 12.6. The van der Waals surface area contributed by atoms with Gasteiger partial charge in [0.15, 0.2) is 5.82 Å². The standard InChI is InChI=1S/C17H23N3O/c1-13-4-6-14(7-5-13)11-16-19-17(21-20-16)9-8-15-3-2-10-18-12-15/h4-7,15,18H,2-3,8-12H2,1H3. The number of hydrogen-bond acceptors (Lipinski definition) is 4. The Morgan fingerprint density at radius 2 is 2.14 bits per heavy atom. The number of piperidine rings is 1. The van der Waals surface area contributed by atoms with Crippen LogP contribution in [0.25, 0.3) is 0 Å². The van der Waals surface area contributed by atoms with E-state index in [4.69, 9.17) is 4.52 Å². The first kappa shape index (κ1) is 14.3. The molecule has 1 atom stereocenters. The predicted octanol–water partition coefficient (Wildman–Crippen LogP) is 2.90. The van der Waals surface area contributed by atoms with E-state index in [1.807, 2.05) is 0 Å². The maximum Gasteiger partial charge on any atom is 0.226 e. The van der Waals surface area contributed by atoms with E-state index in [0.717, 1.165) is 50.0 Å². The molecule has 21 heavy (non-hydrogen) atoms. The molecular formula is C17H23N3O. The summed E-state index contributed by atoms with van der Waals surface area (Å²) in [5, 5.41) is 7.54. The lowest BCUT2D eigenvalue weighted by Gasteiger charge is -2.21. The summed E-state index contributed by atoms with van der Waals surface area (Å²) in [4.78, 5) is 4.51. The quantitative estimate of drug-likeness (QED) is 0.917. The molecule has 0 saturated carbocycles. The molecule has 0 spiro atoms. The molecule has 1 unspecified atom stereocenters. The Morgan fingerprint density at radius 3 is 2.90 bits per heavy atom. The summed E-state index contributed by atoms with van der Waals surface area (Å²) in [6.07, 6.45) is 5.38. The molecule has 1 fully saturated rings. The predicted molar refractivity (Wildman–Crippen MR) is 82.2 cm³/mol. The fourth-order valence-corrected chi connectivity index (χ4v) is 2.85. The number of aromatic nitrogens is 2. The SMILES string of the molecule is Cc1ccc(Cc2noc(CCC3CCCNC3)n2)cc1. The summed E-state index contributed by atoms with van der Waals surface area (Å²) in [6, 6.07) is 8.48. The number of rotatable bonds is 5. The normalized spacial score (nSPS) is 18.8. The Balaban J connectivity index is 1.52. The minimum Gasteiger partial charge on any atom is -0.339 e. The highest BCUT2D eigenvalue weighted by Gasteiger charge is 2.15. The molecule has 1 aromatic carbocycles. The lowest BCUT2D eigenvalue weighted by molar-refractivity contribution is 0.326. The molecule has 4 nitrogen and oxygen atoms in total. The van der Waals surface area contributed by atoms with Gasteiger partial charge in [0.2, 0.25) is 5.89 Å². The molecule has 0 amide bonds. The second-order valence-electron chi connectivity index (χ2n) is 6.02. The van der Waals surface area contributed by atoms with Gasteiger partial charge in [-0.2, -0.15) is 4.98 Å². The molecule has 0 radical (unpaired) electrons. The van der Waals surface area contributed by atoms with E-state index in [1.54, 1.807) is 0 Å². The highest BCUT2D eigenvalue weighted by Crippen LogP contribution is 2.17. The summed E-state index contributed by atoms with van der Waals surface area (Å²) in [7, 11) is 0. The zero-order chi connectivity index (χ0) is 14.5. The van der Waals surface area contributed by atoms with E-state index in [1.165, 1.54) is 24.0 Å². The molecule has 1 aliphatic rings. The van der Waals surface area contributed by atoms with Crippen LogP contribution < -0.4 is 5.32 Å². The van der Waals surface area contributed by atoms with Crippen LogP contribution in [0.2, 0.25) is 0 Å². The smallest absolute Gasteiger partial charge is 0.226 e. The van der Waals surface area contributed by atoms with Gasteiger partial charge < -0.3 is 9.84 Å². The second-order valence-corrected chi connectivity index (χ2v) is 6.02. The van der Waals surface area contributed by atoms with Gasteiger partial charge in [-0.3, -0.25) is 0 Å². The maximum absolute atomic E-state index is 5.37. The number of benzene rings is 1. The van der Waals surface area contributed by atoms with Crippen LogP contribution in [0.15, 0.2) is 28.8 Å². The molecule has 1 aromatic heterocycles. The molecule has 1 saturated heterocycles. The van der Waals surface area contributed by atoms with E-state index < -0.39 is 0 Å². The number of hydrogen-bond donors (Lipinski definition) is 1. The van der Waals surface area contributed by atoms with Gasteiger partial charge in [0.25, 0.3) is 0 Å². The first-order valence-electron chi connectivity index (χ1n) is 7.87. The van der Waals surface area contributed by atoms with Crippen molar-refractivity contribution in [3.05, 3.63) is 47.1 Å². The van der Waals surface area contributed by atoms with Crippen molar-refractivity contribution in [3.8, 4) is 0 Å². The third-order valence-electron chi connectivity index (χ3n) is 4.16. The van der Waals surface area contributed by atoms with Gasteiger partial charge in [0, 0.05) is 12.8 Å². The largest absolute Gasteiger partial charge is 0.339 e. The van der Waals surface area contributed by atoms with Gasteiger partial charge in [0.1, 0.15) is 0 Å². The van der Waals surface area contributed by atoms with E-state index in [9.17, 15) is 0 Å². The monoisotopic (exact) mass is 285 g/mol. The van der Waals surface area contributed by atoms with Crippen LogP contribution in [-0.2, 0) is 12.8 Å². The summed E-state index contributed by atoms with van der Waals surface area (Å²) >= 11 is 0. The first-order valence-corrected chi connectivity index (χ1v) is 7.87. The Morgan fingerprint density at radius 1 is 1.29 bits per heavy atom. The maximum atomic E-state index is 5.37. The molecule has 112 valence electrons. The second kappa shape index (κ2) is 6.85. The van der Waals surface area contributed by atoms with Gasteiger partial charge in [-0.25, -0.2) is 0 Å². The lowest BCUT2D eigenvalue weighted by atomic mass is 9.95. The van der Waals surface area contributed by atoms with Crippen molar-refractivity contribution in [1.82, 2.24) is 15.5 Å². The van der Waals surface area contributed by atoms with Crippen LogP contribution in [0.1, 0.15) is 42.1 Å². The molecule has 4 heteroatoms. The average Bonchev–Trinajstić information content (AvgIpc) is 2.96. The van der Waals surface area contributed by atoms with Crippen LogP contribution in [0.4, 0.5) is 0 Å². The third kappa shape index (κ3) is 4.14. The van der Waals surface area contributed by atoms with Gasteiger partial charge >= 0.3 is 0 Å². The molecule has 1 N–H and O–H groups in total. The van der Waals surface area contributed by atoms with Crippen molar-refractivity contribution in [2.24, 2.45) is 5.92 Å². The highest BCUT2D eigenvalue weighted by atomic mass is 16.5. The Labute approximate surface area is 126 Å². The fourth-order valence-electron chi connectivity index (χ4n) is 2.85. The number of nitrogens with one attached hydrogen (secondary N) is 1. The number of nitrogens with zero attached hydrogens (tertiary/aromatic N) is 2. The van der Waals surface area contributed by atoms with Gasteiger partial charge in [-0.05, 0) is 50.8 Å². The zero-order valence-corrected chi connectivity index (χ0v) is 12.6. The van der Waals surface area contributed by atoms with Crippen molar-refractivity contribution in [1.29, 1.82) is 0 Å². The van der Waals surface area contributed by atoms with Crippen LogP contribution in [-0.4, -0.2) is 23.2 Å². The van der Waals surface area contributed by atoms with Crippen LogP contribution in [0.3, 0.4) is 0 Å². The Hall–Kier alpha value is -1.68. The van der Waals surface area contributed by atoms with Crippen LogP contribution in [0.5, 0.6) is 0 Å². The first-order chi connectivity index (χ1) is 10.3. The summed E-state index contributed by atoms with van der Waals surface area (Å²) in [6.45, 7) is 4.39. The minimum atomic E-state index is 0.745. The summed E-state index contributed by atoms with van der Waals surface area (Å²) in [5.41, 5.74) is 2.50. The Bertz CT molecular complexity index is 556. The Kier molecular flexibility index (Phi) is 4.65. The molecule has 3 rings (SSSR count). The van der Waals surface area contributed by atoms with Crippen LogP contribution in [0, 0.1) is 12.8 Å². The third-order valence-corrected chi connectivity index (χ3v) is 4.16. The lowest BCUT2D eigenvalue weighted by Crippen LogP contribution is -2.29. The van der Waals surface area contributed by atoms with E-state index in [-0.39, 0.29) is 0 Å². The van der Waals surface area contributed by atoms with Crippen LogP contribution >= 0.6 is 0 Å². The fraction of sp³-hybridized carbons (Fsp3) is 0.529. The van der Waals surface area contributed by atoms with Crippen molar-refractivity contribution in [2.75, 3.05) is 13.1 Å². The molecule has 2 aromatic rings. The molecule has 0 bridgehead atoms. The summed E-state index contributed by atoms with van der Waals surface area (Å²) in [5.74, 6) is 2.32. The number of aryl methyl sites for hydroxylation is 2. The van der Waals surface area contributed by atoms with Crippen molar-refractivity contribution < 1.29 is 4.52 Å². The topological polar surface area (TPSA) is 51.0 Å². The molecule has 0 aliphatic carbocycles. The average molecular weight is 285 g/mol. The molecule has 2 heterocycles. The van der Waals surface area contributed by atoms with E-state index in [2.05, 4.69) is 46.6 Å². The molecule has 1 aliphatic heterocycles. The van der Waals surface area contributed by atoms with Crippen molar-refractivity contribution in [3.63, 3.8) is 0 Å². The van der Waals surface area contributed by atoms with Crippen molar-refractivity contribution >= 4 is 0 Å². The van der Waals surface area contributed by atoms with Gasteiger partial charge in [-0.1, -0.05) is 35.0 Å². The van der Waals surface area contributed by atoms with E-state index in [0.29, 0.717) is 0 Å². The molecular weight excluding hydrogens is 262 g/mol. The van der Waals surface area contributed by atoms with Gasteiger partial charge in [0.05, 0.1) is 0 Å². The van der Waals surface area contributed by atoms with E-state index >= 15 is 0 Å². The van der Waals surface area contributed by atoms with Crippen molar-refractivity contribution in [2.45, 2.75) is 39.0 Å². The summed E-state index contributed by atoms with van der Waals surface area (Å²) < 4.78 is 5.37.